The van der Waals surface area contributed by atoms with Crippen LogP contribution < -0.4 is 5.32 Å². The monoisotopic (exact) mass is 253 g/mol. The van der Waals surface area contributed by atoms with E-state index in [1.807, 2.05) is 6.07 Å². The number of hydrogen-bond donors (Lipinski definition) is 1. The number of benzene rings is 1. The maximum Gasteiger partial charge on any atom is 0.0408 e. The van der Waals surface area contributed by atoms with Crippen molar-refractivity contribution in [3.05, 3.63) is 34.9 Å². The van der Waals surface area contributed by atoms with E-state index in [-0.39, 0.29) is 0 Å². The van der Waals surface area contributed by atoms with Crippen molar-refractivity contribution >= 4 is 11.6 Å². The van der Waals surface area contributed by atoms with Gasteiger partial charge in [0.05, 0.1) is 0 Å². The van der Waals surface area contributed by atoms with Crippen molar-refractivity contribution < 1.29 is 0 Å². The number of hydrogen-bond acceptors (Lipinski definition) is 1. The molecule has 1 rings (SSSR count). The van der Waals surface area contributed by atoms with E-state index in [4.69, 9.17) is 11.6 Å². The summed E-state index contributed by atoms with van der Waals surface area (Å²) in [6.07, 6.45) is 4.97. The Morgan fingerprint density at radius 1 is 1.24 bits per heavy atom. The summed E-state index contributed by atoms with van der Waals surface area (Å²) in [7, 11) is 0. The van der Waals surface area contributed by atoms with E-state index < -0.39 is 0 Å². The topological polar surface area (TPSA) is 12.0 Å². The predicted octanol–water partition coefficient (Wildman–Crippen LogP) is 4.61. The minimum Gasteiger partial charge on any atom is -0.316 e. The molecule has 96 valence electrons. The third-order valence-corrected chi connectivity index (χ3v) is 3.28. The van der Waals surface area contributed by atoms with Crippen molar-refractivity contribution in [3.63, 3.8) is 0 Å². The lowest BCUT2D eigenvalue weighted by atomic mass is 9.93. The van der Waals surface area contributed by atoms with Gasteiger partial charge in [0.2, 0.25) is 0 Å². The van der Waals surface area contributed by atoms with E-state index in [9.17, 15) is 0 Å². The van der Waals surface area contributed by atoms with Crippen molar-refractivity contribution in [1.29, 1.82) is 0 Å². The minimum atomic E-state index is 0.597. The zero-order valence-corrected chi connectivity index (χ0v) is 11.8. The Kier molecular flexibility index (Phi) is 7.30. The van der Waals surface area contributed by atoms with Gasteiger partial charge in [-0.2, -0.15) is 0 Å². The molecule has 0 saturated heterocycles. The Morgan fingerprint density at radius 3 is 2.71 bits per heavy atom. The number of unbranched alkanes of at least 4 members (excludes halogenated alkanes) is 1. The largest absolute Gasteiger partial charge is 0.316 e. The minimum absolute atomic E-state index is 0.597. The van der Waals surface area contributed by atoms with Crippen molar-refractivity contribution in [2.75, 3.05) is 13.1 Å². The Bertz CT molecular complexity index is 312. The quantitative estimate of drug-likeness (QED) is 0.667. The molecular weight excluding hydrogens is 230 g/mol. The second-order valence-corrected chi connectivity index (χ2v) is 5.03. The molecule has 0 amide bonds. The highest BCUT2D eigenvalue weighted by molar-refractivity contribution is 6.30. The fraction of sp³-hybridized carbons (Fsp3) is 0.600. The smallest absolute Gasteiger partial charge is 0.0408 e. The number of halogens is 1. The van der Waals surface area contributed by atoms with Gasteiger partial charge in [-0.15, -0.1) is 0 Å². The molecule has 0 bridgehead atoms. The second kappa shape index (κ2) is 8.54. The summed E-state index contributed by atoms with van der Waals surface area (Å²) in [5.41, 5.74) is 1.37. The van der Waals surface area contributed by atoms with Gasteiger partial charge in [0.25, 0.3) is 0 Å². The van der Waals surface area contributed by atoms with Crippen molar-refractivity contribution in [3.8, 4) is 0 Å². The Morgan fingerprint density at radius 2 is 2.06 bits per heavy atom. The molecule has 0 aliphatic carbocycles. The lowest BCUT2D eigenvalue weighted by molar-refractivity contribution is 0.528. The molecule has 1 atom stereocenters. The van der Waals surface area contributed by atoms with Gasteiger partial charge < -0.3 is 5.32 Å². The van der Waals surface area contributed by atoms with Crippen LogP contribution in [0, 0.1) is 0 Å². The van der Waals surface area contributed by atoms with Gasteiger partial charge in [0.1, 0.15) is 0 Å². The van der Waals surface area contributed by atoms with E-state index >= 15 is 0 Å². The molecule has 0 heterocycles. The van der Waals surface area contributed by atoms with Crippen LogP contribution in [0.2, 0.25) is 5.02 Å². The first-order valence-electron chi connectivity index (χ1n) is 6.74. The molecule has 1 unspecified atom stereocenters. The van der Waals surface area contributed by atoms with Crippen molar-refractivity contribution in [1.82, 2.24) is 5.32 Å². The molecule has 0 aliphatic rings. The summed E-state index contributed by atoms with van der Waals surface area (Å²) in [5.74, 6) is 0.597. The van der Waals surface area contributed by atoms with Gasteiger partial charge in [-0.3, -0.25) is 0 Å². The molecule has 0 aliphatic heterocycles. The van der Waals surface area contributed by atoms with E-state index in [0.29, 0.717) is 5.92 Å². The van der Waals surface area contributed by atoms with Gasteiger partial charge >= 0.3 is 0 Å². The summed E-state index contributed by atoms with van der Waals surface area (Å²) < 4.78 is 0. The maximum atomic E-state index is 6.06. The zero-order chi connectivity index (χ0) is 12.5. The van der Waals surface area contributed by atoms with Crippen LogP contribution in [0.25, 0.3) is 0 Å². The number of rotatable bonds is 8. The average molecular weight is 254 g/mol. The molecule has 1 aromatic carbocycles. The molecule has 2 heteroatoms. The standard InChI is InChI=1S/C15H24ClN/c1-3-5-7-14(12-17-10-4-2)13-8-6-9-15(16)11-13/h6,8-9,11,14,17H,3-5,7,10,12H2,1-2H3. The van der Waals surface area contributed by atoms with Crippen LogP contribution in [-0.4, -0.2) is 13.1 Å². The maximum absolute atomic E-state index is 6.06. The molecule has 0 radical (unpaired) electrons. The van der Waals surface area contributed by atoms with Crippen LogP contribution in [0.3, 0.4) is 0 Å². The Hall–Kier alpha value is -0.530. The van der Waals surface area contributed by atoms with E-state index in [1.165, 1.54) is 31.2 Å². The second-order valence-electron chi connectivity index (χ2n) is 4.60. The lowest BCUT2D eigenvalue weighted by Crippen LogP contribution is -2.22. The molecule has 17 heavy (non-hydrogen) atoms. The van der Waals surface area contributed by atoms with Crippen LogP contribution in [0.5, 0.6) is 0 Å². The SMILES string of the molecule is CCCCC(CNCCC)c1cccc(Cl)c1. The van der Waals surface area contributed by atoms with Gasteiger partial charge in [-0.05, 0) is 43.0 Å². The highest BCUT2D eigenvalue weighted by atomic mass is 35.5. The van der Waals surface area contributed by atoms with Crippen LogP contribution in [0.4, 0.5) is 0 Å². The Balaban J connectivity index is 2.60. The van der Waals surface area contributed by atoms with E-state index in [2.05, 4.69) is 37.4 Å². The van der Waals surface area contributed by atoms with Gasteiger partial charge in [0, 0.05) is 11.6 Å². The fourth-order valence-corrected chi connectivity index (χ4v) is 2.25. The van der Waals surface area contributed by atoms with Gasteiger partial charge in [-0.1, -0.05) is 50.4 Å². The summed E-state index contributed by atoms with van der Waals surface area (Å²) in [6.45, 7) is 6.61. The first kappa shape index (κ1) is 14.5. The van der Waals surface area contributed by atoms with E-state index in [0.717, 1.165) is 18.1 Å². The van der Waals surface area contributed by atoms with Crippen molar-refractivity contribution in [2.45, 2.75) is 45.4 Å². The summed E-state index contributed by atoms with van der Waals surface area (Å²) in [5, 5.41) is 4.37. The van der Waals surface area contributed by atoms with E-state index in [1.54, 1.807) is 0 Å². The fourth-order valence-electron chi connectivity index (χ4n) is 2.05. The molecule has 0 fully saturated rings. The molecule has 0 saturated carbocycles. The molecule has 1 nitrogen and oxygen atoms in total. The summed E-state index contributed by atoms with van der Waals surface area (Å²) >= 11 is 6.06. The molecule has 0 aromatic heterocycles. The Labute approximate surface area is 111 Å². The predicted molar refractivity (Wildman–Crippen MR) is 76.9 cm³/mol. The third kappa shape index (κ3) is 5.56. The summed E-state index contributed by atoms with van der Waals surface area (Å²) in [4.78, 5) is 0. The average Bonchev–Trinajstić information content (AvgIpc) is 2.33. The van der Waals surface area contributed by atoms with Gasteiger partial charge in [-0.25, -0.2) is 0 Å². The highest BCUT2D eigenvalue weighted by Crippen LogP contribution is 2.24. The third-order valence-electron chi connectivity index (χ3n) is 3.04. The lowest BCUT2D eigenvalue weighted by Gasteiger charge is -2.18. The van der Waals surface area contributed by atoms with Gasteiger partial charge in [0.15, 0.2) is 0 Å². The normalized spacial score (nSPS) is 12.6. The van der Waals surface area contributed by atoms with Crippen molar-refractivity contribution in [2.24, 2.45) is 0 Å². The molecule has 0 spiro atoms. The molecule has 1 aromatic rings. The van der Waals surface area contributed by atoms with Crippen LogP contribution in [-0.2, 0) is 0 Å². The van der Waals surface area contributed by atoms with Crippen LogP contribution in [0.15, 0.2) is 24.3 Å². The van der Waals surface area contributed by atoms with Crippen LogP contribution >= 0.6 is 11.6 Å². The molecule has 1 N–H and O–H groups in total. The first-order chi connectivity index (χ1) is 8.27. The number of nitrogens with one attached hydrogen (secondary N) is 1. The zero-order valence-electron chi connectivity index (χ0n) is 11.0. The molecular formula is C15H24ClN. The summed E-state index contributed by atoms with van der Waals surface area (Å²) in [6, 6.07) is 8.30. The highest BCUT2D eigenvalue weighted by Gasteiger charge is 2.10. The first-order valence-corrected chi connectivity index (χ1v) is 7.11. The van der Waals surface area contributed by atoms with Crippen LogP contribution in [0.1, 0.15) is 51.0 Å².